The van der Waals surface area contributed by atoms with Gasteiger partial charge in [-0.2, -0.15) is 0 Å². The van der Waals surface area contributed by atoms with Gasteiger partial charge in [0.25, 0.3) is 0 Å². The molecule has 0 amide bonds. The minimum Gasteiger partial charge on any atom is -0.493 e. The number of benzene rings is 1. The zero-order valence-corrected chi connectivity index (χ0v) is 17.4. The van der Waals surface area contributed by atoms with Gasteiger partial charge in [0.05, 0.1) is 13.2 Å². The molecule has 3 rings (SSSR count). The molecular weight excluding hydrogens is 380 g/mol. The third kappa shape index (κ3) is 4.03. The van der Waals surface area contributed by atoms with Crippen molar-refractivity contribution in [3.05, 3.63) is 29.3 Å². The third-order valence-corrected chi connectivity index (χ3v) is 5.26. The number of hydrogen-bond donors (Lipinski definition) is 0. The summed E-state index contributed by atoms with van der Waals surface area (Å²) in [6, 6.07) is 3.37. The van der Waals surface area contributed by atoms with Crippen molar-refractivity contribution in [1.82, 2.24) is 0 Å². The number of carbonyl (C=O) groups is 2. The molecule has 1 saturated heterocycles. The van der Waals surface area contributed by atoms with Crippen LogP contribution in [0.1, 0.15) is 46.3 Å². The van der Waals surface area contributed by atoms with Gasteiger partial charge in [0.1, 0.15) is 6.10 Å². The summed E-state index contributed by atoms with van der Waals surface area (Å²) in [5, 5.41) is 0. The average molecular weight is 406 g/mol. The van der Waals surface area contributed by atoms with E-state index in [-0.39, 0.29) is 12.9 Å². The molecule has 4 atom stereocenters. The number of epoxide rings is 1. The Labute approximate surface area is 169 Å². The van der Waals surface area contributed by atoms with Crippen molar-refractivity contribution < 1.29 is 38.0 Å². The topological polar surface area (TPSA) is 92.8 Å². The fourth-order valence-corrected chi connectivity index (χ4v) is 2.97. The van der Waals surface area contributed by atoms with Crippen LogP contribution in [-0.4, -0.2) is 43.7 Å². The smallest absolute Gasteiger partial charge is 0.341 e. The lowest BCUT2D eigenvalue weighted by Gasteiger charge is -2.26. The second kappa shape index (κ2) is 7.94. The van der Waals surface area contributed by atoms with Gasteiger partial charge in [-0.1, -0.05) is 6.08 Å². The van der Waals surface area contributed by atoms with E-state index in [2.05, 4.69) is 0 Å². The van der Waals surface area contributed by atoms with Gasteiger partial charge in [0, 0.05) is 11.1 Å². The molecule has 0 aliphatic carbocycles. The lowest BCUT2D eigenvalue weighted by atomic mass is 10.0. The fraction of sp³-hybridized carbons (Fsp3) is 0.524. The predicted octanol–water partition coefficient (Wildman–Crippen LogP) is 3.08. The molecule has 0 bridgehead atoms. The Morgan fingerprint density at radius 2 is 1.97 bits per heavy atom. The van der Waals surface area contributed by atoms with Crippen molar-refractivity contribution in [2.45, 2.75) is 58.5 Å². The summed E-state index contributed by atoms with van der Waals surface area (Å²) in [5.41, 5.74) is 0.0140. The van der Waals surface area contributed by atoms with E-state index in [4.69, 9.17) is 28.4 Å². The molecule has 0 spiro atoms. The van der Waals surface area contributed by atoms with Crippen LogP contribution < -0.4 is 14.2 Å². The quantitative estimate of drug-likeness (QED) is 0.387. The van der Waals surface area contributed by atoms with E-state index in [1.165, 1.54) is 7.11 Å². The van der Waals surface area contributed by atoms with Crippen LogP contribution in [0.4, 0.5) is 0 Å². The van der Waals surface area contributed by atoms with Crippen molar-refractivity contribution in [3.63, 3.8) is 0 Å². The van der Waals surface area contributed by atoms with Crippen LogP contribution in [0, 0.1) is 0 Å². The van der Waals surface area contributed by atoms with Crippen molar-refractivity contribution in [2.24, 2.45) is 0 Å². The summed E-state index contributed by atoms with van der Waals surface area (Å²) in [6.07, 6.45) is -0.243. The Balaban J connectivity index is 1.91. The van der Waals surface area contributed by atoms with Crippen LogP contribution in [0.25, 0.3) is 0 Å². The zero-order valence-electron chi connectivity index (χ0n) is 17.4. The SMILES string of the molecule is CC=C(C)C(=O)O[C@@H](c1cc(OC)c2c(c1)OCO2)[C@@H](C)OC(=O)[C@]1(C)O[C@@H]1C. The summed E-state index contributed by atoms with van der Waals surface area (Å²) in [7, 11) is 1.50. The molecule has 0 N–H and O–H groups in total. The maximum atomic E-state index is 12.5. The Kier molecular flexibility index (Phi) is 5.75. The maximum Gasteiger partial charge on any atom is 0.341 e. The van der Waals surface area contributed by atoms with Crippen molar-refractivity contribution in [3.8, 4) is 17.2 Å². The number of hydrogen-bond acceptors (Lipinski definition) is 8. The van der Waals surface area contributed by atoms with Crippen molar-refractivity contribution in [2.75, 3.05) is 13.9 Å². The van der Waals surface area contributed by atoms with Gasteiger partial charge in [-0.05, 0) is 46.8 Å². The highest BCUT2D eigenvalue weighted by Crippen LogP contribution is 2.44. The summed E-state index contributed by atoms with van der Waals surface area (Å²) < 4.78 is 32.9. The first-order chi connectivity index (χ1) is 13.7. The molecule has 2 heterocycles. The van der Waals surface area contributed by atoms with Crippen molar-refractivity contribution in [1.29, 1.82) is 0 Å². The van der Waals surface area contributed by atoms with Crippen molar-refractivity contribution >= 4 is 11.9 Å². The van der Waals surface area contributed by atoms with Crippen LogP contribution in [0.2, 0.25) is 0 Å². The van der Waals surface area contributed by atoms with Gasteiger partial charge < -0.3 is 28.4 Å². The van der Waals surface area contributed by atoms with Crippen LogP contribution >= 0.6 is 0 Å². The van der Waals surface area contributed by atoms with E-state index in [9.17, 15) is 9.59 Å². The Morgan fingerprint density at radius 3 is 2.55 bits per heavy atom. The van der Waals surface area contributed by atoms with E-state index < -0.39 is 29.7 Å². The van der Waals surface area contributed by atoms with E-state index in [1.807, 2.05) is 0 Å². The first kappa shape index (κ1) is 21.0. The third-order valence-electron chi connectivity index (χ3n) is 5.26. The summed E-state index contributed by atoms with van der Waals surface area (Å²) in [6.45, 7) is 8.58. The second-order valence-corrected chi connectivity index (χ2v) is 7.23. The largest absolute Gasteiger partial charge is 0.493 e. The Morgan fingerprint density at radius 1 is 1.28 bits per heavy atom. The second-order valence-electron chi connectivity index (χ2n) is 7.23. The molecule has 0 unspecified atom stereocenters. The first-order valence-electron chi connectivity index (χ1n) is 9.41. The van der Waals surface area contributed by atoms with Gasteiger partial charge in [0.15, 0.2) is 23.2 Å². The minimum atomic E-state index is -0.978. The number of esters is 2. The normalized spacial score (nSPS) is 24.5. The summed E-state index contributed by atoms with van der Waals surface area (Å²) in [4.78, 5) is 25.0. The average Bonchev–Trinajstić information content (AvgIpc) is 3.09. The fourth-order valence-electron chi connectivity index (χ4n) is 2.97. The molecule has 2 aliphatic heterocycles. The molecule has 2 aliphatic rings. The molecule has 0 saturated carbocycles. The molecule has 1 aromatic carbocycles. The summed E-state index contributed by atoms with van der Waals surface area (Å²) in [5.74, 6) is 0.354. The Hall–Kier alpha value is -2.74. The molecule has 1 aromatic rings. The highest BCUT2D eigenvalue weighted by atomic mass is 16.7. The minimum absolute atomic E-state index is 0.0649. The van der Waals surface area contributed by atoms with Gasteiger partial charge in [0.2, 0.25) is 12.5 Å². The van der Waals surface area contributed by atoms with Gasteiger partial charge in [-0.25, -0.2) is 9.59 Å². The molecule has 8 heteroatoms. The van der Waals surface area contributed by atoms with Crippen LogP contribution in [0.5, 0.6) is 17.2 Å². The van der Waals surface area contributed by atoms with Crippen LogP contribution in [-0.2, 0) is 23.8 Å². The number of ether oxygens (including phenoxy) is 6. The zero-order chi connectivity index (χ0) is 21.3. The highest BCUT2D eigenvalue weighted by Gasteiger charge is 2.57. The number of allylic oxidation sites excluding steroid dienone is 1. The lowest BCUT2D eigenvalue weighted by Crippen LogP contribution is -2.33. The van der Waals surface area contributed by atoms with E-state index in [1.54, 1.807) is 52.8 Å². The molecule has 29 heavy (non-hydrogen) atoms. The van der Waals surface area contributed by atoms with Gasteiger partial charge in [-0.15, -0.1) is 0 Å². The van der Waals surface area contributed by atoms with Crippen LogP contribution in [0.15, 0.2) is 23.8 Å². The molecule has 1 fully saturated rings. The molecule has 158 valence electrons. The van der Waals surface area contributed by atoms with E-state index in [0.717, 1.165) is 0 Å². The predicted molar refractivity (Wildman–Crippen MR) is 102 cm³/mol. The van der Waals surface area contributed by atoms with Crippen LogP contribution in [0.3, 0.4) is 0 Å². The van der Waals surface area contributed by atoms with E-state index >= 15 is 0 Å². The standard InChI is InChI=1S/C21H26O8/c1-7-11(2)19(22)28-17(12(3)27-20(23)21(5)13(4)29-21)14-8-15(24-6)18-16(9-14)25-10-26-18/h7-9,12-13,17H,10H2,1-6H3/t12-,13-,17-,21-/m1/s1. The monoisotopic (exact) mass is 406 g/mol. The number of carbonyl (C=O) groups excluding carboxylic acids is 2. The molecule has 0 aromatic heterocycles. The highest BCUT2D eigenvalue weighted by molar-refractivity contribution is 5.88. The number of methoxy groups -OCH3 is 1. The maximum absolute atomic E-state index is 12.5. The Bertz CT molecular complexity index is 845. The number of rotatable bonds is 7. The molecule has 0 radical (unpaired) electrons. The lowest BCUT2D eigenvalue weighted by molar-refractivity contribution is -0.168. The first-order valence-corrected chi connectivity index (χ1v) is 9.41. The summed E-state index contributed by atoms with van der Waals surface area (Å²) >= 11 is 0. The molecule has 8 nitrogen and oxygen atoms in total. The van der Waals surface area contributed by atoms with Gasteiger partial charge >= 0.3 is 11.9 Å². The van der Waals surface area contributed by atoms with E-state index in [0.29, 0.717) is 28.4 Å². The molecular formula is C21H26O8. The van der Waals surface area contributed by atoms with Gasteiger partial charge in [-0.3, -0.25) is 0 Å². The number of fused-ring (bicyclic) bond motifs is 1.